The highest BCUT2D eigenvalue weighted by Crippen LogP contribution is 2.24. The molecule has 15 heteroatoms. The number of hydrogen-bond donors (Lipinski definition) is 2. The maximum Gasteiger partial charge on any atom is 0.324 e. The fraction of sp³-hybridized carbons (Fsp3) is 0.464. The molecule has 2 heterocycles. The van der Waals surface area contributed by atoms with Crippen LogP contribution >= 0.6 is 0 Å². The first-order valence-electron chi connectivity index (χ1n) is 13.9. The minimum Gasteiger partial charge on any atom is -0.322 e. The molecule has 0 radical (unpaired) electrons. The number of benzene rings is 2. The topological polar surface area (TPSA) is 122 Å². The molecule has 2 aromatic carbocycles. The first-order chi connectivity index (χ1) is 20.5. The number of carbonyl (C=O) groups is 3. The lowest BCUT2D eigenvalue weighted by molar-refractivity contribution is -0.132. The molecule has 11 nitrogen and oxygen atoms in total. The molecule has 2 saturated heterocycles. The number of nitrogens with one attached hydrogen (secondary N) is 2. The van der Waals surface area contributed by atoms with E-state index in [1.165, 1.54) is 21.9 Å². The second kappa shape index (κ2) is 14.2. The quantitative estimate of drug-likeness (QED) is 0.430. The summed E-state index contributed by atoms with van der Waals surface area (Å²) in [6.07, 6.45) is -3.34. The number of urea groups is 1. The van der Waals surface area contributed by atoms with Gasteiger partial charge >= 0.3 is 18.4 Å². The Morgan fingerprint density at radius 2 is 1.53 bits per heavy atom. The molecule has 0 aromatic heterocycles. The van der Waals surface area contributed by atoms with E-state index < -0.39 is 39.9 Å². The average molecular weight is 625 g/mol. The van der Waals surface area contributed by atoms with Gasteiger partial charge in [0.25, 0.3) is 5.91 Å². The minimum absolute atomic E-state index is 0.00537. The summed E-state index contributed by atoms with van der Waals surface area (Å²) in [7, 11) is -3.24. The van der Waals surface area contributed by atoms with Gasteiger partial charge in [-0.15, -0.1) is 0 Å². The summed E-state index contributed by atoms with van der Waals surface area (Å²) in [6, 6.07) is 10.2. The van der Waals surface area contributed by atoms with Crippen LogP contribution in [0.25, 0.3) is 0 Å². The van der Waals surface area contributed by atoms with Crippen LogP contribution in [-0.2, 0) is 27.7 Å². The molecule has 43 heavy (non-hydrogen) atoms. The number of piperazine rings is 1. The molecule has 0 saturated carbocycles. The Balaban J connectivity index is 1.51. The summed E-state index contributed by atoms with van der Waals surface area (Å²) in [4.78, 5) is 44.3. The number of nitrogens with zero attached hydrogens (tertiary/aromatic N) is 4. The van der Waals surface area contributed by atoms with E-state index in [0.717, 1.165) is 50.9 Å². The van der Waals surface area contributed by atoms with Crippen LogP contribution in [0, 0.1) is 5.82 Å². The zero-order valence-electron chi connectivity index (χ0n) is 23.8. The molecule has 0 bridgehead atoms. The third-order valence-electron chi connectivity index (χ3n) is 7.55. The summed E-state index contributed by atoms with van der Waals surface area (Å²) in [5, 5.41) is 0. The molecule has 2 aliphatic heterocycles. The van der Waals surface area contributed by atoms with Crippen molar-refractivity contribution in [3.63, 3.8) is 0 Å². The highest BCUT2D eigenvalue weighted by Gasteiger charge is 2.30. The van der Waals surface area contributed by atoms with Crippen LogP contribution in [0.3, 0.4) is 0 Å². The number of hydrazine groups is 1. The standard InChI is InChI=1S/C28H35F3N6O5S/c1-2-34-9-11-35(12-10-34)18-20-3-7-23(8-4-20)37(28(40)36-13-15-43(41,42)16-14-36)19-22-6-5-21(17-24(22)29)26(38)32-33-27(39)25(30)31/h3-8,17,25H,2,9-16,18-19H2,1H3,(H,32,38)(H,33,39). The van der Waals surface area contributed by atoms with Crippen molar-refractivity contribution >= 4 is 33.4 Å². The Bertz CT molecular complexity index is 1400. The third-order valence-corrected chi connectivity index (χ3v) is 9.16. The van der Waals surface area contributed by atoms with Gasteiger partial charge in [-0.25, -0.2) is 17.6 Å². The summed E-state index contributed by atoms with van der Waals surface area (Å²) in [5.41, 5.74) is 4.68. The maximum absolute atomic E-state index is 15.2. The van der Waals surface area contributed by atoms with Crippen LogP contribution in [0.1, 0.15) is 28.4 Å². The van der Waals surface area contributed by atoms with Crippen LogP contribution in [-0.4, -0.2) is 105 Å². The van der Waals surface area contributed by atoms with Gasteiger partial charge < -0.3 is 9.80 Å². The summed E-state index contributed by atoms with van der Waals surface area (Å²) in [6.45, 7) is 7.58. The van der Waals surface area contributed by atoms with Gasteiger partial charge in [-0.2, -0.15) is 8.78 Å². The van der Waals surface area contributed by atoms with Gasteiger partial charge in [0.2, 0.25) is 0 Å². The van der Waals surface area contributed by atoms with Gasteiger partial charge in [0.05, 0.1) is 18.1 Å². The molecule has 234 valence electrons. The predicted octanol–water partition coefficient (Wildman–Crippen LogP) is 1.85. The van der Waals surface area contributed by atoms with Crippen LogP contribution in [0.4, 0.5) is 23.7 Å². The van der Waals surface area contributed by atoms with E-state index in [1.807, 2.05) is 12.1 Å². The van der Waals surface area contributed by atoms with Crippen LogP contribution in [0.15, 0.2) is 42.5 Å². The highest BCUT2D eigenvalue weighted by atomic mass is 32.2. The number of amides is 4. The molecule has 0 atom stereocenters. The number of halogens is 3. The van der Waals surface area contributed by atoms with Crippen molar-refractivity contribution in [2.75, 3.05) is 62.2 Å². The lowest BCUT2D eigenvalue weighted by Crippen LogP contribution is -2.49. The number of alkyl halides is 2. The van der Waals surface area contributed by atoms with Gasteiger partial charge in [-0.05, 0) is 36.4 Å². The first-order valence-corrected chi connectivity index (χ1v) is 15.7. The van der Waals surface area contributed by atoms with E-state index in [9.17, 15) is 31.6 Å². The van der Waals surface area contributed by atoms with Crippen molar-refractivity contribution in [1.29, 1.82) is 0 Å². The average Bonchev–Trinajstić information content (AvgIpc) is 2.99. The van der Waals surface area contributed by atoms with Crippen molar-refractivity contribution in [3.05, 3.63) is 65.0 Å². The van der Waals surface area contributed by atoms with Gasteiger partial charge in [0.1, 0.15) is 5.82 Å². The molecular formula is C28H35F3N6O5S. The Morgan fingerprint density at radius 3 is 2.12 bits per heavy atom. The monoisotopic (exact) mass is 624 g/mol. The van der Waals surface area contributed by atoms with E-state index in [1.54, 1.807) is 23.0 Å². The van der Waals surface area contributed by atoms with Gasteiger partial charge in [0.15, 0.2) is 9.84 Å². The fourth-order valence-corrected chi connectivity index (χ4v) is 6.08. The van der Waals surface area contributed by atoms with E-state index in [2.05, 4.69) is 16.7 Å². The number of likely N-dealkylation sites (N-methyl/N-ethyl adjacent to an activating group) is 1. The summed E-state index contributed by atoms with van der Waals surface area (Å²) >= 11 is 0. The number of rotatable bonds is 8. The second-order valence-electron chi connectivity index (χ2n) is 10.4. The molecule has 4 amide bonds. The number of anilines is 1. The molecule has 0 aliphatic carbocycles. The van der Waals surface area contributed by atoms with Crippen molar-refractivity contribution in [1.82, 2.24) is 25.6 Å². The lowest BCUT2D eigenvalue weighted by Gasteiger charge is -2.34. The van der Waals surface area contributed by atoms with Crippen molar-refractivity contribution in [3.8, 4) is 0 Å². The van der Waals surface area contributed by atoms with Crippen molar-refractivity contribution in [2.24, 2.45) is 0 Å². The number of sulfone groups is 1. The third kappa shape index (κ3) is 8.67. The Hall–Kier alpha value is -3.69. The van der Waals surface area contributed by atoms with E-state index in [4.69, 9.17) is 0 Å². The molecule has 4 rings (SSSR count). The Labute approximate surface area is 248 Å². The smallest absolute Gasteiger partial charge is 0.322 e. The SMILES string of the molecule is CCN1CCN(Cc2ccc(N(Cc3ccc(C(=O)NNC(=O)C(F)F)cc3F)C(=O)N3CCS(=O)(=O)CC3)cc2)CC1. The molecule has 2 fully saturated rings. The van der Waals surface area contributed by atoms with E-state index >= 15 is 4.39 Å². The maximum atomic E-state index is 15.2. The normalized spacial score (nSPS) is 17.5. The molecular weight excluding hydrogens is 589 g/mol. The zero-order chi connectivity index (χ0) is 31.1. The summed E-state index contributed by atoms with van der Waals surface area (Å²) < 4.78 is 63.8. The van der Waals surface area contributed by atoms with Crippen LogP contribution in [0.2, 0.25) is 0 Å². The van der Waals surface area contributed by atoms with Crippen LogP contribution in [0.5, 0.6) is 0 Å². The zero-order valence-corrected chi connectivity index (χ0v) is 24.6. The highest BCUT2D eigenvalue weighted by molar-refractivity contribution is 7.91. The van der Waals surface area contributed by atoms with Crippen molar-refractivity contribution in [2.45, 2.75) is 26.4 Å². The van der Waals surface area contributed by atoms with E-state index in [0.29, 0.717) is 5.69 Å². The van der Waals surface area contributed by atoms with Crippen molar-refractivity contribution < 1.29 is 36.0 Å². The Morgan fingerprint density at radius 1 is 0.907 bits per heavy atom. The first kappa shape index (κ1) is 32.2. The second-order valence-corrected chi connectivity index (χ2v) is 12.7. The minimum atomic E-state index is -3.34. The molecule has 2 aromatic rings. The molecule has 0 unspecified atom stereocenters. The summed E-state index contributed by atoms with van der Waals surface area (Å²) in [5.74, 6) is -3.90. The van der Waals surface area contributed by atoms with E-state index in [-0.39, 0.29) is 42.3 Å². The van der Waals surface area contributed by atoms with Gasteiger partial charge in [-0.1, -0.05) is 25.1 Å². The largest absolute Gasteiger partial charge is 0.324 e. The predicted molar refractivity (Wildman–Crippen MR) is 154 cm³/mol. The van der Waals surface area contributed by atoms with Gasteiger partial charge in [0, 0.05) is 62.6 Å². The fourth-order valence-electron chi connectivity index (χ4n) is 4.88. The van der Waals surface area contributed by atoms with Gasteiger partial charge in [-0.3, -0.25) is 30.2 Å². The number of carbonyl (C=O) groups excluding carboxylic acids is 3. The molecule has 0 spiro atoms. The molecule has 2 aliphatic rings. The lowest BCUT2D eigenvalue weighted by atomic mass is 10.1. The Kier molecular flexibility index (Phi) is 10.6. The van der Waals surface area contributed by atoms with Crippen LogP contribution < -0.4 is 15.8 Å². The number of hydrogen-bond acceptors (Lipinski definition) is 7. The molecule has 2 N–H and O–H groups in total.